The molecule has 2 heterocycles. The molecule has 1 N–H and O–H groups in total. The molecule has 1 fully saturated rings. The van der Waals surface area contributed by atoms with Gasteiger partial charge in [-0.25, -0.2) is 4.98 Å². The number of nitrogens with zero attached hydrogens (tertiary/aromatic N) is 1. The number of hydrogen-bond acceptors (Lipinski definition) is 4. The highest BCUT2D eigenvalue weighted by Crippen LogP contribution is 2.18. The Morgan fingerprint density at radius 3 is 3.21 bits per heavy atom. The standard InChI is InChI=1S/C10H14N2OS/c1-7(13)9-6-14-10(12-9)4-8-2-3-11-5-8/h6,8,11H,2-5H2,1H3. The number of rotatable bonds is 3. The molecular weight excluding hydrogens is 196 g/mol. The minimum absolute atomic E-state index is 0.0667. The molecule has 1 unspecified atom stereocenters. The number of carbonyl (C=O) groups is 1. The number of ketones is 1. The van der Waals surface area contributed by atoms with Crippen molar-refractivity contribution in [3.63, 3.8) is 0 Å². The third-order valence-corrected chi connectivity index (χ3v) is 3.41. The Bertz CT molecular complexity index is 329. The van der Waals surface area contributed by atoms with Crippen LogP contribution < -0.4 is 5.32 Å². The lowest BCUT2D eigenvalue weighted by Crippen LogP contribution is -2.10. The van der Waals surface area contributed by atoms with Gasteiger partial charge in [0.1, 0.15) is 5.69 Å². The summed E-state index contributed by atoms with van der Waals surface area (Å²) in [5, 5.41) is 6.29. The van der Waals surface area contributed by atoms with Crippen LogP contribution in [-0.2, 0) is 6.42 Å². The largest absolute Gasteiger partial charge is 0.316 e. The van der Waals surface area contributed by atoms with Crippen LogP contribution >= 0.6 is 11.3 Å². The van der Waals surface area contributed by atoms with Gasteiger partial charge in [0.05, 0.1) is 5.01 Å². The topological polar surface area (TPSA) is 42.0 Å². The molecule has 14 heavy (non-hydrogen) atoms. The van der Waals surface area contributed by atoms with Crippen molar-refractivity contribution in [1.82, 2.24) is 10.3 Å². The van der Waals surface area contributed by atoms with Crippen molar-refractivity contribution in [3.8, 4) is 0 Å². The Labute approximate surface area is 87.6 Å². The summed E-state index contributed by atoms with van der Waals surface area (Å²) in [5.41, 5.74) is 0.621. The van der Waals surface area contributed by atoms with Crippen molar-refractivity contribution < 1.29 is 4.79 Å². The van der Waals surface area contributed by atoms with Crippen LogP contribution in [-0.4, -0.2) is 23.9 Å². The van der Waals surface area contributed by atoms with Crippen LogP contribution in [0.5, 0.6) is 0 Å². The normalized spacial score (nSPS) is 21.4. The fraction of sp³-hybridized carbons (Fsp3) is 0.600. The molecule has 1 atom stereocenters. The number of hydrogen-bond donors (Lipinski definition) is 1. The summed E-state index contributed by atoms with van der Waals surface area (Å²) in [6.07, 6.45) is 2.25. The van der Waals surface area contributed by atoms with Gasteiger partial charge in [0.25, 0.3) is 0 Å². The SMILES string of the molecule is CC(=O)c1csc(CC2CCNC2)n1. The van der Waals surface area contributed by atoms with Crippen molar-refractivity contribution >= 4 is 17.1 Å². The lowest BCUT2D eigenvalue weighted by molar-refractivity contribution is 0.101. The zero-order valence-electron chi connectivity index (χ0n) is 8.25. The fourth-order valence-electron chi connectivity index (χ4n) is 1.70. The number of carbonyl (C=O) groups excluding carboxylic acids is 1. The average molecular weight is 210 g/mol. The van der Waals surface area contributed by atoms with Crippen LogP contribution in [0.3, 0.4) is 0 Å². The van der Waals surface area contributed by atoms with Crippen molar-refractivity contribution in [3.05, 3.63) is 16.1 Å². The van der Waals surface area contributed by atoms with Gasteiger partial charge in [-0.1, -0.05) is 0 Å². The molecule has 0 bridgehead atoms. The molecule has 0 aromatic carbocycles. The van der Waals surface area contributed by atoms with Gasteiger partial charge in [-0.2, -0.15) is 0 Å². The molecular formula is C10H14N2OS. The van der Waals surface area contributed by atoms with E-state index in [0.717, 1.165) is 24.5 Å². The molecule has 76 valence electrons. The molecule has 1 aromatic rings. The van der Waals surface area contributed by atoms with E-state index in [1.165, 1.54) is 6.42 Å². The molecule has 1 aliphatic heterocycles. The van der Waals surface area contributed by atoms with E-state index in [1.54, 1.807) is 18.3 Å². The first kappa shape index (κ1) is 9.80. The third-order valence-electron chi connectivity index (χ3n) is 2.54. The summed E-state index contributed by atoms with van der Waals surface area (Å²) >= 11 is 1.60. The van der Waals surface area contributed by atoms with E-state index in [4.69, 9.17) is 0 Å². The van der Waals surface area contributed by atoms with E-state index in [2.05, 4.69) is 10.3 Å². The van der Waals surface area contributed by atoms with Gasteiger partial charge in [-0.15, -0.1) is 11.3 Å². The predicted molar refractivity (Wildman–Crippen MR) is 56.8 cm³/mol. The molecule has 1 aromatic heterocycles. The summed E-state index contributed by atoms with van der Waals surface area (Å²) in [7, 11) is 0. The second-order valence-electron chi connectivity index (χ2n) is 3.75. The van der Waals surface area contributed by atoms with E-state index < -0.39 is 0 Å². The molecule has 1 aliphatic rings. The minimum Gasteiger partial charge on any atom is -0.316 e. The highest BCUT2D eigenvalue weighted by molar-refractivity contribution is 7.09. The molecule has 0 amide bonds. The summed E-state index contributed by atoms with van der Waals surface area (Å²) in [6, 6.07) is 0. The van der Waals surface area contributed by atoms with Crippen LogP contribution in [0.2, 0.25) is 0 Å². The van der Waals surface area contributed by atoms with E-state index in [0.29, 0.717) is 11.6 Å². The van der Waals surface area contributed by atoms with Gasteiger partial charge in [-0.05, 0) is 25.4 Å². The Hall–Kier alpha value is -0.740. The quantitative estimate of drug-likeness (QED) is 0.769. The van der Waals surface area contributed by atoms with Gasteiger partial charge in [0, 0.05) is 18.7 Å². The van der Waals surface area contributed by atoms with Gasteiger partial charge in [0.15, 0.2) is 5.78 Å². The van der Waals surface area contributed by atoms with E-state index >= 15 is 0 Å². The Kier molecular flexibility index (Phi) is 2.93. The summed E-state index contributed by atoms with van der Waals surface area (Å²) in [4.78, 5) is 15.3. The van der Waals surface area contributed by atoms with Crippen LogP contribution in [0.4, 0.5) is 0 Å². The van der Waals surface area contributed by atoms with Crippen molar-refractivity contribution in [2.75, 3.05) is 13.1 Å². The highest BCUT2D eigenvalue weighted by Gasteiger charge is 2.17. The summed E-state index contributed by atoms with van der Waals surface area (Å²) in [5.74, 6) is 0.776. The first-order chi connectivity index (χ1) is 6.75. The second-order valence-corrected chi connectivity index (χ2v) is 4.69. The predicted octanol–water partition coefficient (Wildman–Crippen LogP) is 1.50. The fourth-order valence-corrected chi connectivity index (χ4v) is 2.65. The van der Waals surface area contributed by atoms with Crippen molar-refractivity contribution in [2.24, 2.45) is 5.92 Å². The smallest absolute Gasteiger partial charge is 0.178 e. The van der Waals surface area contributed by atoms with Gasteiger partial charge >= 0.3 is 0 Å². The summed E-state index contributed by atoms with van der Waals surface area (Å²) < 4.78 is 0. The second kappa shape index (κ2) is 4.19. The first-order valence-corrected chi connectivity index (χ1v) is 5.79. The monoisotopic (exact) mass is 210 g/mol. The molecule has 0 aliphatic carbocycles. The van der Waals surface area contributed by atoms with Crippen LogP contribution in [0, 0.1) is 5.92 Å². The zero-order chi connectivity index (χ0) is 9.97. The van der Waals surface area contributed by atoms with Crippen LogP contribution in [0.15, 0.2) is 5.38 Å². The lowest BCUT2D eigenvalue weighted by atomic mass is 10.1. The van der Waals surface area contributed by atoms with Crippen molar-refractivity contribution in [1.29, 1.82) is 0 Å². The third kappa shape index (κ3) is 2.19. The van der Waals surface area contributed by atoms with Crippen molar-refractivity contribution in [2.45, 2.75) is 19.8 Å². The highest BCUT2D eigenvalue weighted by atomic mass is 32.1. The Balaban J connectivity index is 1.98. The number of Topliss-reactive ketones (excluding diaryl/α,β-unsaturated/α-hetero) is 1. The maximum absolute atomic E-state index is 11.0. The van der Waals surface area contributed by atoms with Crippen LogP contribution in [0.1, 0.15) is 28.8 Å². The minimum atomic E-state index is 0.0667. The molecule has 0 saturated carbocycles. The zero-order valence-corrected chi connectivity index (χ0v) is 9.06. The lowest BCUT2D eigenvalue weighted by Gasteiger charge is -2.03. The average Bonchev–Trinajstić information content (AvgIpc) is 2.75. The van der Waals surface area contributed by atoms with Crippen LogP contribution in [0.25, 0.3) is 0 Å². The molecule has 0 spiro atoms. The molecule has 1 saturated heterocycles. The number of nitrogens with one attached hydrogen (secondary N) is 1. The summed E-state index contributed by atoms with van der Waals surface area (Å²) in [6.45, 7) is 3.78. The maximum atomic E-state index is 11.0. The van der Waals surface area contributed by atoms with Gasteiger partial charge in [-0.3, -0.25) is 4.79 Å². The van der Waals surface area contributed by atoms with Gasteiger partial charge in [0.2, 0.25) is 0 Å². The number of aromatic nitrogens is 1. The molecule has 2 rings (SSSR count). The first-order valence-electron chi connectivity index (χ1n) is 4.92. The molecule has 4 heteroatoms. The Morgan fingerprint density at radius 1 is 1.79 bits per heavy atom. The van der Waals surface area contributed by atoms with E-state index in [9.17, 15) is 4.79 Å². The number of thiazole rings is 1. The van der Waals surface area contributed by atoms with E-state index in [1.807, 2.05) is 5.38 Å². The molecule has 0 radical (unpaired) electrons. The van der Waals surface area contributed by atoms with Gasteiger partial charge < -0.3 is 5.32 Å². The van der Waals surface area contributed by atoms with E-state index in [-0.39, 0.29) is 5.78 Å². The molecule has 3 nitrogen and oxygen atoms in total. The Morgan fingerprint density at radius 2 is 2.64 bits per heavy atom. The maximum Gasteiger partial charge on any atom is 0.178 e.